The third kappa shape index (κ3) is 3.81. The van der Waals surface area contributed by atoms with E-state index in [1.54, 1.807) is 0 Å². The molecule has 0 radical (unpaired) electrons. The first-order valence-corrected chi connectivity index (χ1v) is 6.60. The lowest BCUT2D eigenvalue weighted by Crippen LogP contribution is -2.39. The molecule has 1 heterocycles. The lowest BCUT2D eigenvalue weighted by molar-refractivity contribution is -0.121. The van der Waals surface area contributed by atoms with Gasteiger partial charge in [0.25, 0.3) is 5.91 Å². The summed E-state index contributed by atoms with van der Waals surface area (Å²) in [5, 5.41) is 3.20. The van der Waals surface area contributed by atoms with Crippen molar-refractivity contribution in [2.75, 3.05) is 13.6 Å². The summed E-state index contributed by atoms with van der Waals surface area (Å²) < 4.78 is 0. The first kappa shape index (κ1) is 14.1. The monoisotopic (exact) mass is 301 g/mol. The molecule has 2 rings (SSSR count). The van der Waals surface area contributed by atoms with Gasteiger partial charge in [-0.25, -0.2) is 4.98 Å². The zero-order chi connectivity index (χ0) is 14.0. The van der Waals surface area contributed by atoms with E-state index in [1.807, 2.05) is 0 Å². The quantitative estimate of drug-likeness (QED) is 0.862. The number of halogens is 2. The number of pyridine rings is 1. The number of carbonyl (C=O) groups is 2. The predicted octanol–water partition coefficient (Wildman–Crippen LogP) is 1.74. The van der Waals surface area contributed by atoms with Gasteiger partial charge in [0.2, 0.25) is 5.91 Å². The van der Waals surface area contributed by atoms with Gasteiger partial charge in [0.1, 0.15) is 10.8 Å². The minimum atomic E-state index is -0.432. The van der Waals surface area contributed by atoms with Gasteiger partial charge in [0, 0.05) is 13.1 Å². The van der Waals surface area contributed by atoms with Crippen LogP contribution in [-0.4, -0.2) is 41.3 Å². The molecule has 2 amide bonds. The van der Waals surface area contributed by atoms with Crippen molar-refractivity contribution in [3.8, 4) is 0 Å². The molecular formula is C12H13Cl2N3O2. The van der Waals surface area contributed by atoms with E-state index in [4.69, 9.17) is 23.2 Å². The number of aromatic nitrogens is 1. The Hall–Kier alpha value is -1.33. The summed E-state index contributed by atoms with van der Waals surface area (Å²) in [6.07, 6.45) is 2.01. The number of likely N-dealkylation sites (N-methyl/N-ethyl adjacent to an activating group) is 1. The highest BCUT2D eigenvalue weighted by molar-refractivity contribution is 6.34. The van der Waals surface area contributed by atoms with E-state index in [9.17, 15) is 9.59 Å². The summed E-state index contributed by atoms with van der Waals surface area (Å²) in [4.78, 5) is 28.9. The predicted molar refractivity (Wildman–Crippen MR) is 72.4 cm³/mol. The Morgan fingerprint density at radius 2 is 2.11 bits per heavy atom. The van der Waals surface area contributed by atoms with Gasteiger partial charge in [0.15, 0.2) is 0 Å². The molecule has 0 spiro atoms. The molecule has 0 bridgehead atoms. The molecular weight excluding hydrogens is 289 g/mol. The van der Waals surface area contributed by atoms with Gasteiger partial charge in [-0.05, 0) is 25.0 Å². The maximum absolute atomic E-state index is 12.1. The van der Waals surface area contributed by atoms with Gasteiger partial charge in [-0.15, -0.1) is 0 Å². The molecule has 1 fully saturated rings. The Bertz CT molecular complexity index is 518. The SMILES string of the molecule is CN(CC(=O)NC1CC1)C(=O)c1nc(Cl)ccc1Cl. The van der Waals surface area contributed by atoms with E-state index in [1.165, 1.54) is 24.1 Å². The fourth-order valence-electron chi connectivity index (χ4n) is 1.54. The second-order valence-electron chi connectivity index (χ2n) is 4.47. The topological polar surface area (TPSA) is 62.3 Å². The van der Waals surface area contributed by atoms with Crippen molar-refractivity contribution in [1.29, 1.82) is 0 Å². The summed E-state index contributed by atoms with van der Waals surface area (Å²) in [6, 6.07) is 3.27. The molecule has 0 atom stereocenters. The van der Waals surface area contributed by atoms with E-state index >= 15 is 0 Å². The molecule has 0 aromatic carbocycles. The Labute approximate surface area is 120 Å². The third-order valence-corrected chi connectivity index (χ3v) is 3.20. The van der Waals surface area contributed by atoms with Crippen molar-refractivity contribution in [2.45, 2.75) is 18.9 Å². The lowest BCUT2D eigenvalue weighted by atomic mass is 10.3. The first-order chi connectivity index (χ1) is 8.97. The number of amides is 2. The van der Waals surface area contributed by atoms with Crippen LogP contribution in [0.25, 0.3) is 0 Å². The Kier molecular flexibility index (Phi) is 4.27. The minimum Gasteiger partial charge on any atom is -0.352 e. The Balaban J connectivity index is 2.01. The minimum absolute atomic E-state index is 0.0279. The van der Waals surface area contributed by atoms with Gasteiger partial charge in [0.05, 0.1) is 11.6 Å². The third-order valence-electron chi connectivity index (χ3n) is 2.68. The van der Waals surface area contributed by atoms with Crippen LogP contribution in [0.1, 0.15) is 23.3 Å². The highest BCUT2D eigenvalue weighted by atomic mass is 35.5. The maximum atomic E-state index is 12.1. The van der Waals surface area contributed by atoms with Gasteiger partial charge >= 0.3 is 0 Å². The first-order valence-electron chi connectivity index (χ1n) is 5.84. The highest BCUT2D eigenvalue weighted by Crippen LogP contribution is 2.19. The van der Waals surface area contributed by atoms with Crippen LogP contribution in [0, 0.1) is 0 Å². The molecule has 1 aromatic heterocycles. The van der Waals surface area contributed by atoms with E-state index in [0.717, 1.165) is 12.8 Å². The summed E-state index contributed by atoms with van der Waals surface area (Å²) in [5.74, 6) is -0.616. The fourth-order valence-corrected chi connectivity index (χ4v) is 1.87. The molecule has 0 aliphatic heterocycles. The van der Waals surface area contributed by atoms with E-state index in [0.29, 0.717) is 0 Å². The van der Waals surface area contributed by atoms with Crippen molar-refractivity contribution >= 4 is 35.0 Å². The number of hydrogen-bond donors (Lipinski definition) is 1. The van der Waals surface area contributed by atoms with Crippen molar-refractivity contribution in [3.63, 3.8) is 0 Å². The lowest BCUT2D eigenvalue weighted by Gasteiger charge is -2.16. The van der Waals surface area contributed by atoms with E-state index < -0.39 is 5.91 Å². The van der Waals surface area contributed by atoms with Gasteiger partial charge in [-0.2, -0.15) is 0 Å². The van der Waals surface area contributed by atoms with Crippen LogP contribution < -0.4 is 5.32 Å². The molecule has 1 saturated carbocycles. The van der Waals surface area contributed by atoms with Crippen molar-refractivity contribution in [2.24, 2.45) is 0 Å². The van der Waals surface area contributed by atoms with Crippen LogP contribution in [0.2, 0.25) is 10.2 Å². The van der Waals surface area contributed by atoms with Crippen LogP contribution >= 0.6 is 23.2 Å². The molecule has 0 unspecified atom stereocenters. The van der Waals surface area contributed by atoms with E-state index in [-0.39, 0.29) is 34.4 Å². The second kappa shape index (κ2) is 5.75. The summed E-state index contributed by atoms with van der Waals surface area (Å²) >= 11 is 11.6. The number of rotatable bonds is 4. The van der Waals surface area contributed by atoms with Crippen LogP contribution in [0.4, 0.5) is 0 Å². The van der Waals surface area contributed by atoms with Gasteiger partial charge < -0.3 is 10.2 Å². The van der Waals surface area contributed by atoms with Crippen LogP contribution in [0.5, 0.6) is 0 Å². The van der Waals surface area contributed by atoms with Crippen molar-refractivity contribution < 1.29 is 9.59 Å². The maximum Gasteiger partial charge on any atom is 0.274 e. The zero-order valence-electron chi connectivity index (χ0n) is 10.3. The smallest absolute Gasteiger partial charge is 0.274 e. The number of nitrogens with zero attached hydrogens (tertiary/aromatic N) is 2. The number of hydrogen-bond acceptors (Lipinski definition) is 3. The standard InChI is InChI=1S/C12H13Cl2N3O2/c1-17(6-10(18)15-7-2-3-7)12(19)11-8(13)4-5-9(14)16-11/h4-5,7H,2-3,6H2,1H3,(H,15,18). The highest BCUT2D eigenvalue weighted by Gasteiger charge is 2.25. The summed E-state index contributed by atoms with van der Waals surface area (Å²) in [5.41, 5.74) is 0.0517. The second-order valence-corrected chi connectivity index (χ2v) is 5.26. The molecule has 0 saturated heterocycles. The van der Waals surface area contributed by atoms with Crippen molar-refractivity contribution in [3.05, 3.63) is 28.0 Å². The Morgan fingerprint density at radius 3 is 2.74 bits per heavy atom. The molecule has 19 heavy (non-hydrogen) atoms. The molecule has 1 aliphatic carbocycles. The largest absolute Gasteiger partial charge is 0.352 e. The normalized spacial score (nSPS) is 14.1. The van der Waals surface area contributed by atoms with E-state index in [2.05, 4.69) is 10.3 Å². The number of nitrogens with one attached hydrogen (secondary N) is 1. The van der Waals surface area contributed by atoms with Crippen molar-refractivity contribution in [1.82, 2.24) is 15.2 Å². The average Bonchev–Trinajstić information content (AvgIpc) is 3.15. The molecule has 7 heteroatoms. The van der Waals surface area contributed by atoms with Crippen LogP contribution in [0.15, 0.2) is 12.1 Å². The van der Waals surface area contributed by atoms with Crippen LogP contribution in [0.3, 0.4) is 0 Å². The fraction of sp³-hybridized carbons (Fsp3) is 0.417. The molecule has 1 aliphatic rings. The summed E-state index contributed by atoms with van der Waals surface area (Å²) in [6.45, 7) is -0.0279. The molecule has 102 valence electrons. The van der Waals surface area contributed by atoms with Gasteiger partial charge in [-0.1, -0.05) is 23.2 Å². The summed E-state index contributed by atoms with van der Waals surface area (Å²) in [7, 11) is 1.52. The molecule has 1 N–H and O–H groups in total. The molecule has 5 nitrogen and oxygen atoms in total. The average molecular weight is 302 g/mol. The van der Waals surface area contributed by atoms with Gasteiger partial charge in [-0.3, -0.25) is 9.59 Å². The molecule has 1 aromatic rings. The number of carbonyl (C=O) groups excluding carboxylic acids is 2. The Morgan fingerprint density at radius 1 is 1.42 bits per heavy atom. The zero-order valence-corrected chi connectivity index (χ0v) is 11.8. The van der Waals surface area contributed by atoms with Crippen LogP contribution in [-0.2, 0) is 4.79 Å².